The van der Waals surface area contributed by atoms with Crippen molar-refractivity contribution in [1.29, 1.82) is 0 Å². The second kappa shape index (κ2) is 9.83. The van der Waals surface area contributed by atoms with Crippen molar-refractivity contribution < 1.29 is 9.18 Å². The first-order chi connectivity index (χ1) is 13.5. The topological polar surface area (TPSA) is 32.3 Å². The van der Waals surface area contributed by atoms with E-state index in [-0.39, 0.29) is 17.8 Å². The van der Waals surface area contributed by atoms with Gasteiger partial charge in [-0.2, -0.15) is 0 Å². The first kappa shape index (κ1) is 20.5. The van der Waals surface area contributed by atoms with Crippen LogP contribution in [0.3, 0.4) is 0 Å². The van der Waals surface area contributed by atoms with E-state index in [1.54, 1.807) is 12.1 Å². The number of amides is 1. The Labute approximate surface area is 167 Å². The van der Waals surface area contributed by atoms with E-state index < -0.39 is 0 Å². The van der Waals surface area contributed by atoms with E-state index in [9.17, 15) is 9.18 Å². The van der Waals surface area contributed by atoms with Crippen LogP contribution in [0.15, 0.2) is 54.6 Å². The van der Waals surface area contributed by atoms with E-state index in [2.05, 4.69) is 54.6 Å². The van der Waals surface area contributed by atoms with Crippen LogP contribution in [0.5, 0.6) is 0 Å². The zero-order valence-corrected chi connectivity index (χ0v) is 16.9. The predicted molar refractivity (Wildman–Crippen MR) is 112 cm³/mol. The van der Waals surface area contributed by atoms with Gasteiger partial charge in [-0.15, -0.1) is 0 Å². The number of carbonyl (C=O) groups excluding carboxylic acids is 1. The van der Waals surface area contributed by atoms with Crippen molar-refractivity contribution in [3.05, 3.63) is 71.5 Å². The van der Waals surface area contributed by atoms with Gasteiger partial charge in [0.05, 0.1) is 0 Å². The highest BCUT2D eigenvalue weighted by Crippen LogP contribution is 2.31. The van der Waals surface area contributed by atoms with Crippen molar-refractivity contribution in [2.75, 3.05) is 14.1 Å². The maximum Gasteiger partial charge on any atom is 0.251 e. The third-order valence-electron chi connectivity index (χ3n) is 5.99. The minimum absolute atomic E-state index is 0.100. The smallest absolute Gasteiger partial charge is 0.251 e. The van der Waals surface area contributed by atoms with Crippen molar-refractivity contribution in [3.63, 3.8) is 0 Å². The van der Waals surface area contributed by atoms with Gasteiger partial charge in [-0.25, -0.2) is 4.39 Å². The summed E-state index contributed by atoms with van der Waals surface area (Å²) in [6.07, 6.45) is 6.54. The molecular weight excluding hydrogens is 351 g/mol. The number of aryl methyl sites for hydroxylation is 1. The van der Waals surface area contributed by atoms with Gasteiger partial charge in [0.15, 0.2) is 0 Å². The minimum Gasteiger partial charge on any atom is -0.349 e. The highest BCUT2D eigenvalue weighted by molar-refractivity contribution is 5.94. The summed E-state index contributed by atoms with van der Waals surface area (Å²) in [6.45, 7) is 0. The summed E-state index contributed by atoms with van der Waals surface area (Å²) in [4.78, 5) is 14.7. The van der Waals surface area contributed by atoms with Gasteiger partial charge >= 0.3 is 0 Å². The van der Waals surface area contributed by atoms with Gasteiger partial charge in [0.1, 0.15) is 5.82 Å². The number of hydrogen-bond donors (Lipinski definition) is 1. The first-order valence-corrected chi connectivity index (χ1v) is 10.3. The Morgan fingerprint density at radius 3 is 2.29 bits per heavy atom. The summed E-state index contributed by atoms with van der Waals surface area (Å²) in [5.74, 6) is 0.247. The fourth-order valence-electron chi connectivity index (χ4n) is 4.39. The van der Waals surface area contributed by atoms with Gasteiger partial charge < -0.3 is 10.2 Å². The standard InChI is InChI=1S/C24H31FN2O/c1-27(2)23(17-8-18-6-4-3-5-7-18)19-11-15-22(16-12-19)26-24(28)20-9-13-21(25)14-10-20/h3-7,9-10,13-14,19,22-23H,8,11-12,15-17H2,1-2H3,(H,26,28). The third-order valence-corrected chi connectivity index (χ3v) is 5.99. The van der Waals surface area contributed by atoms with E-state index in [1.165, 1.54) is 17.7 Å². The molecule has 150 valence electrons. The molecule has 4 heteroatoms. The molecule has 0 aliphatic heterocycles. The van der Waals surface area contributed by atoms with Crippen LogP contribution in [-0.2, 0) is 6.42 Å². The number of rotatable bonds is 7. The van der Waals surface area contributed by atoms with Crippen LogP contribution in [0.1, 0.15) is 48.0 Å². The molecule has 0 saturated heterocycles. The summed E-state index contributed by atoms with van der Waals surface area (Å²) in [5.41, 5.74) is 1.92. The molecule has 1 atom stereocenters. The van der Waals surface area contributed by atoms with Crippen LogP contribution in [0.25, 0.3) is 0 Å². The molecule has 1 saturated carbocycles. The number of nitrogens with one attached hydrogen (secondary N) is 1. The lowest BCUT2D eigenvalue weighted by atomic mass is 9.79. The molecule has 0 bridgehead atoms. The quantitative estimate of drug-likeness (QED) is 0.754. The monoisotopic (exact) mass is 382 g/mol. The third kappa shape index (κ3) is 5.65. The summed E-state index contributed by atoms with van der Waals surface area (Å²) in [6, 6.07) is 17.2. The van der Waals surface area contributed by atoms with Crippen LogP contribution in [0.2, 0.25) is 0 Å². The molecule has 0 aromatic heterocycles. The molecule has 1 fully saturated rings. The zero-order chi connectivity index (χ0) is 19.9. The molecule has 1 aliphatic rings. The van der Waals surface area contributed by atoms with E-state index in [4.69, 9.17) is 0 Å². The van der Waals surface area contributed by atoms with Crippen LogP contribution in [0, 0.1) is 11.7 Å². The number of hydrogen-bond acceptors (Lipinski definition) is 2. The largest absolute Gasteiger partial charge is 0.349 e. The maximum atomic E-state index is 13.0. The summed E-state index contributed by atoms with van der Waals surface area (Å²) in [5, 5.41) is 3.13. The normalized spacial score (nSPS) is 20.7. The molecule has 1 aliphatic carbocycles. The molecule has 1 N–H and O–H groups in total. The lowest BCUT2D eigenvalue weighted by Crippen LogP contribution is -2.42. The molecule has 3 nitrogen and oxygen atoms in total. The van der Waals surface area contributed by atoms with Crippen LogP contribution in [0.4, 0.5) is 4.39 Å². The SMILES string of the molecule is CN(C)C(CCc1ccccc1)C1CCC(NC(=O)c2ccc(F)cc2)CC1. The second-order valence-electron chi connectivity index (χ2n) is 8.15. The van der Waals surface area contributed by atoms with Gasteiger partial charge in [-0.1, -0.05) is 30.3 Å². The van der Waals surface area contributed by atoms with Gasteiger partial charge in [-0.3, -0.25) is 4.79 Å². The molecule has 0 heterocycles. The number of benzene rings is 2. The van der Waals surface area contributed by atoms with Gasteiger partial charge in [-0.05, 0) is 88.4 Å². The van der Waals surface area contributed by atoms with E-state index in [0.29, 0.717) is 17.5 Å². The summed E-state index contributed by atoms with van der Waals surface area (Å²) >= 11 is 0. The Hall–Kier alpha value is -2.20. The van der Waals surface area contributed by atoms with Gasteiger partial charge in [0, 0.05) is 17.6 Å². The fraction of sp³-hybridized carbons (Fsp3) is 0.458. The van der Waals surface area contributed by atoms with Crippen molar-refractivity contribution in [2.45, 2.75) is 50.6 Å². The number of nitrogens with zero attached hydrogens (tertiary/aromatic N) is 1. The summed E-state index contributed by atoms with van der Waals surface area (Å²) in [7, 11) is 4.36. The number of halogens is 1. The average molecular weight is 383 g/mol. The first-order valence-electron chi connectivity index (χ1n) is 10.3. The highest BCUT2D eigenvalue weighted by atomic mass is 19.1. The molecule has 28 heavy (non-hydrogen) atoms. The van der Waals surface area contributed by atoms with Crippen molar-refractivity contribution in [1.82, 2.24) is 10.2 Å². The lowest BCUT2D eigenvalue weighted by Gasteiger charge is -2.37. The van der Waals surface area contributed by atoms with Crippen molar-refractivity contribution in [2.24, 2.45) is 5.92 Å². The van der Waals surface area contributed by atoms with Crippen molar-refractivity contribution in [3.8, 4) is 0 Å². The Morgan fingerprint density at radius 1 is 1.04 bits per heavy atom. The minimum atomic E-state index is -0.317. The van der Waals surface area contributed by atoms with Crippen LogP contribution < -0.4 is 5.32 Å². The maximum absolute atomic E-state index is 13.0. The molecule has 1 amide bonds. The summed E-state index contributed by atoms with van der Waals surface area (Å²) < 4.78 is 13.0. The van der Waals surface area contributed by atoms with Crippen LogP contribution >= 0.6 is 0 Å². The highest BCUT2D eigenvalue weighted by Gasteiger charge is 2.29. The molecule has 3 rings (SSSR count). The Bertz CT molecular complexity index is 737. The average Bonchev–Trinajstić information content (AvgIpc) is 2.70. The van der Waals surface area contributed by atoms with Crippen LogP contribution in [-0.4, -0.2) is 37.0 Å². The van der Waals surface area contributed by atoms with E-state index >= 15 is 0 Å². The Kier molecular flexibility index (Phi) is 7.21. The van der Waals surface area contributed by atoms with Crippen molar-refractivity contribution >= 4 is 5.91 Å². The molecule has 1 unspecified atom stereocenters. The molecule has 2 aromatic carbocycles. The second-order valence-corrected chi connectivity index (χ2v) is 8.15. The molecule has 0 radical (unpaired) electrons. The van der Waals surface area contributed by atoms with Gasteiger partial charge in [0.25, 0.3) is 5.91 Å². The zero-order valence-electron chi connectivity index (χ0n) is 16.9. The lowest BCUT2D eigenvalue weighted by molar-refractivity contribution is 0.0904. The molecular formula is C24H31FN2O. The van der Waals surface area contributed by atoms with Gasteiger partial charge in [0.2, 0.25) is 0 Å². The molecule has 2 aromatic rings. The number of carbonyl (C=O) groups is 1. The van der Waals surface area contributed by atoms with E-state index in [1.807, 2.05) is 0 Å². The Morgan fingerprint density at radius 2 is 1.68 bits per heavy atom. The Balaban J connectivity index is 1.49. The predicted octanol–water partition coefficient (Wildman–Crippen LogP) is 4.68. The fourth-order valence-corrected chi connectivity index (χ4v) is 4.39. The molecule has 0 spiro atoms. The van der Waals surface area contributed by atoms with E-state index in [0.717, 1.165) is 38.5 Å².